The lowest BCUT2D eigenvalue weighted by Gasteiger charge is -2.44. The lowest BCUT2D eigenvalue weighted by molar-refractivity contribution is 0.0620. The molecule has 3 fully saturated rings. The quantitative estimate of drug-likeness (QED) is 0.932. The summed E-state index contributed by atoms with van der Waals surface area (Å²) < 4.78 is 5.45. The van der Waals surface area contributed by atoms with Gasteiger partial charge in [0.05, 0.1) is 7.11 Å². The number of methoxy groups -OCH3 is 1. The maximum atomic E-state index is 12.8. The van der Waals surface area contributed by atoms with Gasteiger partial charge in [0.2, 0.25) is 0 Å². The summed E-state index contributed by atoms with van der Waals surface area (Å²) in [7, 11) is 1.67. The molecule has 0 aromatic heterocycles. The van der Waals surface area contributed by atoms with Crippen molar-refractivity contribution in [2.24, 2.45) is 5.92 Å². The zero-order valence-corrected chi connectivity index (χ0v) is 14.6. The van der Waals surface area contributed by atoms with Gasteiger partial charge in [-0.15, -0.1) is 0 Å². The van der Waals surface area contributed by atoms with Crippen molar-refractivity contribution in [2.75, 3.05) is 26.7 Å². The molecule has 0 saturated carbocycles. The number of carbonyl (C=O) groups excluding carboxylic acids is 1. The minimum atomic E-state index is 0.0236. The summed E-state index contributed by atoms with van der Waals surface area (Å²) in [6.07, 6.45) is 2.40. The number of nitrogens with one attached hydrogen (secondary N) is 1. The number of nitrogens with zero attached hydrogens (tertiary/aromatic N) is 1. The van der Waals surface area contributed by atoms with Gasteiger partial charge >= 0.3 is 0 Å². The number of amides is 1. The normalized spacial score (nSPS) is 24.8. The molecule has 1 amide bonds. The Labute approximate surface area is 148 Å². The van der Waals surface area contributed by atoms with Crippen LogP contribution < -0.4 is 10.1 Å². The Morgan fingerprint density at radius 3 is 2.64 bits per heavy atom. The smallest absolute Gasteiger partial charge is 0.251 e. The van der Waals surface area contributed by atoms with Crippen molar-refractivity contribution in [1.29, 1.82) is 0 Å². The zero-order valence-electron chi connectivity index (χ0n) is 14.6. The Bertz CT molecular complexity index is 766. The summed E-state index contributed by atoms with van der Waals surface area (Å²) in [5.74, 6) is 1.47. The largest absolute Gasteiger partial charge is 0.496 e. The summed E-state index contributed by atoms with van der Waals surface area (Å²) in [5.41, 5.74) is 2.71. The lowest BCUT2D eigenvalue weighted by Crippen LogP contribution is -2.57. The van der Waals surface area contributed by atoms with Crippen LogP contribution in [0.3, 0.4) is 0 Å². The molecule has 5 rings (SSSR count). The maximum absolute atomic E-state index is 12.8. The van der Waals surface area contributed by atoms with Crippen LogP contribution >= 0.6 is 0 Å². The summed E-state index contributed by atoms with van der Waals surface area (Å²) in [6.45, 7) is 3.35. The fourth-order valence-corrected chi connectivity index (χ4v) is 4.09. The molecule has 1 N–H and O–H groups in total. The van der Waals surface area contributed by atoms with Crippen molar-refractivity contribution in [2.45, 2.75) is 18.9 Å². The van der Waals surface area contributed by atoms with Gasteiger partial charge < -0.3 is 15.0 Å². The molecule has 25 heavy (non-hydrogen) atoms. The van der Waals surface area contributed by atoms with Gasteiger partial charge in [0.25, 0.3) is 5.91 Å². The van der Waals surface area contributed by atoms with Gasteiger partial charge in [-0.2, -0.15) is 0 Å². The Kier molecular flexibility index (Phi) is 4.45. The van der Waals surface area contributed by atoms with Crippen molar-refractivity contribution in [3.05, 3.63) is 54.1 Å². The van der Waals surface area contributed by atoms with Crippen molar-refractivity contribution >= 4 is 5.91 Å². The molecular weight excluding hydrogens is 312 g/mol. The first kappa shape index (κ1) is 16.2. The van der Waals surface area contributed by atoms with Crippen LogP contribution in [0.2, 0.25) is 0 Å². The van der Waals surface area contributed by atoms with E-state index in [1.54, 1.807) is 7.11 Å². The van der Waals surface area contributed by atoms with E-state index in [1.807, 2.05) is 48.5 Å². The summed E-state index contributed by atoms with van der Waals surface area (Å²) in [4.78, 5) is 15.2. The van der Waals surface area contributed by atoms with E-state index >= 15 is 0 Å². The molecule has 0 radical (unpaired) electrons. The van der Waals surface area contributed by atoms with Crippen molar-refractivity contribution in [1.82, 2.24) is 10.2 Å². The molecule has 4 heteroatoms. The first-order valence-corrected chi connectivity index (χ1v) is 9.01. The SMILES string of the molecule is COc1ccccc1-c1cccc(C(=O)N[C@H]2CN3CCC2CC3)c1. The molecule has 3 aliphatic heterocycles. The van der Waals surface area contributed by atoms with Gasteiger partial charge in [0.15, 0.2) is 0 Å². The minimum Gasteiger partial charge on any atom is -0.496 e. The third-order valence-electron chi connectivity index (χ3n) is 5.52. The number of para-hydroxylation sites is 1. The second kappa shape index (κ2) is 6.89. The predicted octanol–water partition coefficient (Wildman–Crippen LogP) is 3.19. The third kappa shape index (κ3) is 3.27. The highest BCUT2D eigenvalue weighted by molar-refractivity contribution is 5.96. The summed E-state index contributed by atoms with van der Waals surface area (Å²) in [5, 5.41) is 3.26. The molecule has 3 saturated heterocycles. The first-order chi connectivity index (χ1) is 12.2. The molecule has 1 atom stereocenters. The van der Waals surface area contributed by atoms with Gasteiger partial charge in [-0.25, -0.2) is 0 Å². The van der Waals surface area contributed by atoms with E-state index in [-0.39, 0.29) is 11.9 Å². The molecule has 130 valence electrons. The number of piperidine rings is 3. The number of benzene rings is 2. The van der Waals surface area contributed by atoms with E-state index in [1.165, 1.54) is 25.9 Å². The van der Waals surface area contributed by atoms with Crippen LogP contribution in [-0.2, 0) is 0 Å². The lowest BCUT2D eigenvalue weighted by atomic mass is 9.84. The second-order valence-corrected chi connectivity index (χ2v) is 7.00. The Hall–Kier alpha value is -2.33. The average molecular weight is 336 g/mol. The van der Waals surface area contributed by atoms with Crippen molar-refractivity contribution in [3.8, 4) is 16.9 Å². The van der Waals surface area contributed by atoms with Gasteiger partial charge in [0, 0.05) is 23.7 Å². The number of rotatable bonds is 4. The van der Waals surface area contributed by atoms with Crippen LogP contribution in [0.25, 0.3) is 11.1 Å². The summed E-state index contributed by atoms with van der Waals surface area (Å²) >= 11 is 0. The van der Waals surface area contributed by atoms with Gasteiger partial charge in [-0.3, -0.25) is 4.79 Å². The molecule has 2 aromatic rings. The fourth-order valence-electron chi connectivity index (χ4n) is 4.09. The first-order valence-electron chi connectivity index (χ1n) is 9.01. The topological polar surface area (TPSA) is 41.6 Å². The van der Waals surface area contributed by atoms with Crippen LogP contribution in [-0.4, -0.2) is 43.6 Å². The van der Waals surface area contributed by atoms with Crippen LogP contribution in [0, 0.1) is 5.92 Å². The highest BCUT2D eigenvalue weighted by atomic mass is 16.5. The Morgan fingerprint density at radius 1 is 1.12 bits per heavy atom. The molecule has 3 aliphatic rings. The number of fused-ring (bicyclic) bond motifs is 3. The van der Waals surface area contributed by atoms with Crippen molar-refractivity contribution < 1.29 is 9.53 Å². The van der Waals surface area contributed by atoms with Crippen molar-refractivity contribution in [3.63, 3.8) is 0 Å². The van der Waals surface area contributed by atoms with Crippen LogP contribution in [0.4, 0.5) is 0 Å². The van der Waals surface area contributed by atoms with E-state index < -0.39 is 0 Å². The van der Waals surface area contributed by atoms with E-state index in [4.69, 9.17) is 4.74 Å². The highest BCUT2D eigenvalue weighted by Gasteiger charge is 2.34. The highest BCUT2D eigenvalue weighted by Crippen LogP contribution is 2.30. The fraction of sp³-hybridized carbons (Fsp3) is 0.381. The van der Waals surface area contributed by atoms with Crippen LogP contribution in [0.1, 0.15) is 23.2 Å². The van der Waals surface area contributed by atoms with Gasteiger partial charge in [0.1, 0.15) is 5.75 Å². The second-order valence-electron chi connectivity index (χ2n) is 7.00. The molecule has 0 unspecified atom stereocenters. The average Bonchev–Trinajstić information content (AvgIpc) is 2.69. The monoisotopic (exact) mass is 336 g/mol. The summed E-state index contributed by atoms with van der Waals surface area (Å²) in [6, 6.07) is 16.0. The standard InChI is InChI=1S/C21H24N2O2/c1-25-20-8-3-2-7-18(20)16-5-4-6-17(13-16)21(24)22-19-14-23-11-9-15(19)10-12-23/h2-8,13,15,19H,9-12,14H2,1H3,(H,22,24)/t19-/m0/s1. The minimum absolute atomic E-state index is 0.0236. The molecule has 2 aromatic carbocycles. The van der Waals surface area contributed by atoms with Gasteiger partial charge in [-0.1, -0.05) is 30.3 Å². The molecule has 0 spiro atoms. The molecule has 2 bridgehead atoms. The van der Waals surface area contributed by atoms with Crippen LogP contribution in [0.5, 0.6) is 5.75 Å². The van der Waals surface area contributed by atoms with E-state index in [2.05, 4.69) is 10.2 Å². The number of carbonyl (C=O) groups is 1. The molecular formula is C21H24N2O2. The maximum Gasteiger partial charge on any atom is 0.251 e. The number of hydrogen-bond acceptors (Lipinski definition) is 3. The van der Waals surface area contributed by atoms with E-state index in [0.29, 0.717) is 11.5 Å². The third-order valence-corrected chi connectivity index (χ3v) is 5.52. The molecule has 3 heterocycles. The zero-order chi connectivity index (χ0) is 17.2. The van der Waals surface area contributed by atoms with Crippen LogP contribution in [0.15, 0.2) is 48.5 Å². The molecule has 4 nitrogen and oxygen atoms in total. The Balaban J connectivity index is 1.54. The Morgan fingerprint density at radius 2 is 1.92 bits per heavy atom. The number of hydrogen-bond donors (Lipinski definition) is 1. The number of ether oxygens (including phenoxy) is 1. The van der Waals surface area contributed by atoms with E-state index in [9.17, 15) is 4.79 Å². The predicted molar refractivity (Wildman–Crippen MR) is 98.8 cm³/mol. The molecule has 0 aliphatic carbocycles. The van der Waals surface area contributed by atoms with E-state index in [0.717, 1.165) is 23.4 Å². The van der Waals surface area contributed by atoms with Gasteiger partial charge in [-0.05, 0) is 55.6 Å².